The first-order chi connectivity index (χ1) is 24.5. The van der Waals surface area contributed by atoms with Crippen LogP contribution in [0.25, 0.3) is 11.0 Å². The van der Waals surface area contributed by atoms with Crippen LogP contribution >= 0.6 is 0 Å². The number of anilines is 1. The van der Waals surface area contributed by atoms with E-state index in [1.807, 2.05) is 48.2 Å². The van der Waals surface area contributed by atoms with Crippen LogP contribution in [0.1, 0.15) is 42.4 Å². The van der Waals surface area contributed by atoms with Crippen molar-refractivity contribution >= 4 is 44.8 Å². The molecule has 7 rings (SSSR count). The lowest BCUT2D eigenvalue weighted by molar-refractivity contribution is -0.142. The number of rotatable bonds is 7. The van der Waals surface area contributed by atoms with E-state index in [0.717, 1.165) is 47.2 Å². The van der Waals surface area contributed by atoms with Crippen LogP contribution in [0.5, 0.6) is 0 Å². The van der Waals surface area contributed by atoms with Gasteiger partial charge in [-0.2, -0.15) is 4.31 Å². The highest BCUT2D eigenvalue weighted by atomic mass is 32.2. The SMILES string of the molecule is Cc1cc(C[C@@H](OC(=O)N2CCC(N3CCc4ccccc4NC3=O)CC2)C(=O)N2CCC(N3CCN(S(C)(=O)=O)CC3)CC2)cc2nn[nH]c12. The molecule has 274 valence electrons. The highest BCUT2D eigenvalue weighted by molar-refractivity contribution is 7.88. The average Bonchev–Trinajstić information content (AvgIpc) is 3.54. The molecule has 3 aromatic rings. The largest absolute Gasteiger partial charge is 0.436 e. The molecule has 15 nitrogen and oxygen atoms in total. The van der Waals surface area contributed by atoms with Crippen molar-refractivity contribution in [2.45, 2.75) is 63.6 Å². The smallest absolute Gasteiger partial charge is 0.410 e. The first kappa shape index (κ1) is 35.1. The van der Waals surface area contributed by atoms with Crippen LogP contribution in [-0.4, -0.2) is 149 Å². The number of aromatic amines is 1. The third-order valence-electron chi connectivity index (χ3n) is 11.0. The van der Waals surface area contributed by atoms with E-state index >= 15 is 0 Å². The van der Waals surface area contributed by atoms with Crippen molar-refractivity contribution in [3.8, 4) is 0 Å². The van der Waals surface area contributed by atoms with E-state index in [9.17, 15) is 22.8 Å². The van der Waals surface area contributed by atoms with E-state index in [4.69, 9.17) is 4.74 Å². The van der Waals surface area contributed by atoms with Crippen molar-refractivity contribution in [3.63, 3.8) is 0 Å². The molecule has 16 heteroatoms. The van der Waals surface area contributed by atoms with Crippen LogP contribution in [0.15, 0.2) is 36.4 Å². The van der Waals surface area contributed by atoms with Gasteiger partial charge in [0.15, 0.2) is 6.10 Å². The number of fused-ring (bicyclic) bond motifs is 2. The maximum atomic E-state index is 14.1. The third kappa shape index (κ3) is 7.82. The van der Waals surface area contributed by atoms with Crippen LogP contribution in [0.4, 0.5) is 15.3 Å². The normalized spacial score (nSPS) is 20.9. The predicted molar refractivity (Wildman–Crippen MR) is 191 cm³/mol. The molecule has 5 heterocycles. The number of benzene rings is 2. The summed E-state index contributed by atoms with van der Waals surface area (Å²) < 4.78 is 31.5. The molecule has 0 aliphatic carbocycles. The van der Waals surface area contributed by atoms with Gasteiger partial charge < -0.3 is 24.8 Å². The summed E-state index contributed by atoms with van der Waals surface area (Å²) in [7, 11) is -3.20. The van der Waals surface area contributed by atoms with Crippen molar-refractivity contribution in [1.29, 1.82) is 0 Å². The minimum atomic E-state index is -3.20. The molecule has 0 unspecified atom stereocenters. The number of aryl methyl sites for hydroxylation is 1. The molecule has 4 amide bonds. The number of para-hydroxylation sites is 1. The van der Waals surface area contributed by atoms with Gasteiger partial charge in [0.25, 0.3) is 5.91 Å². The lowest BCUT2D eigenvalue weighted by Gasteiger charge is -2.42. The number of piperazine rings is 1. The zero-order valence-corrected chi connectivity index (χ0v) is 30.1. The summed E-state index contributed by atoms with van der Waals surface area (Å²) >= 11 is 0. The van der Waals surface area contributed by atoms with Gasteiger partial charge in [0.1, 0.15) is 5.52 Å². The van der Waals surface area contributed by atoms with Gasteiger partial charge in [0.2, 0.25) is 10.0 Å². The van der Waals surface area contributed by atoms with Crippen molar-refractivity contribution in [2.75, 3.05) is 70.5 Å². The van der Waals surface area contributed by atoms with Crippen LogP contribution in [0, 0.1) is 6.92 Å². The number of H-pyrrole nitrogens is 1. The van der Waals surface area contributed by atoms with Gasteiger partial charge in [0.05, 0.1) is 11.8 Å². The van der Waals surface area contributed by atoms with Crippen LogP contribution in [0.3, 0.4) is 0 Å². The number of likely N-dealkylation sites (tertiary alicyclic amines) is 2. The standard InChI is InChI=1S/C35H47N9O6S/c1-24-21-25(22-30-32(24)38-39-37-30)23-31(33(45)41-12-8-27(9-13-41)40-17-19-43(20-18-40)51(2,48)49)50-35(47)42-14-10-28(11-15-42)44-16-7-26-5-3-4-6-29(26)36-34(44)46/h3-6,21-22,27-28,31H,7-20,23H2,1-2H3,(H,36,46)(H,37,38,39)/t31-/m1/s1. The second kappa shape index (κ2) is 14.8. The predicted octanol–water partition coefficient (Wildman–Crippen LogP) is 2.44. The quantitative estimate of drug-likeness (QED) is 0.373. The minimum Gasteiger partial charge on any atom is -0.436 e. The van der Waals surface area contributed by atoms with Gasteiger partial charge in [-0.25, -0.2) is 18.0 Å². The number of hydrogen-bond donors (Lipinski definition) is 2. The van der Waals surface area contributed by atoms with Gasteiger partial charge in [-0.15, -0.1) is 5.10 Å². The first-order valence-electron chi connectivity index (χ1n) is 17.9. The van der Waals surface area contributed by atoms with Gasteiger partial charge >= 0.3 is 12.1 Å². The first-order valence-corrected chi connectivity index (χ1v) is 19.8. The molecule has 3 fully saturated rings. The molecular formula is C35H47N9O6S. The van der Waals surface area contributed by atoms with Gasteiger partial charge in [-0.05, 0) is 67.9 Å². The van der Waals surface area contributed by atoms with Crippen molar-refractivity contribution in [3.05, 3.63) is 53.1 Å². The summed E-state index contributed by atoms with van der Waals surface area (Å²) in [5.74, 6) is -0.225. The number of carbonyl (C=O) groups is 3. The van der Waals surface area contributed by atoms with Crippen LogP contribution in [0.2, 0.25) is 0 Å². The van der Waals surface area contributed by atoms with Crippen molar-refractivity contribution in [1.82, 2.24) is 39.3 Å². The summed E-state index contributed by atoms with van der Waals surface area (Å²) in [4.78, 5) is 48.6. The zero-order chi connectivity index (χ0) is 35.7. The molecule has 0 saturated carbocycles. The Morgan fingerprint density at radius 3 is 2.33 bits per heavy atom. The summed E-state index contributed by atoms with van der Waals surface area (Å²) in [5, 5.41) is 14.0. The Kier molecular flexibility index (Phi) is 10.2. The molecule has 1 aromatic heterocycles. The molecule has 2 aromatic carbocycles. The Morgan fingerprint density at radius 2 is 1.61 bits per heavy atom. The lowest BCUT2D eigenvalue weighted by Crippen LogP contribution is -2.55. The minimum absolute atomic E-state index is 0.00592. The average molecular weight is 722 g/mol. The second-order valence-electron chi connectivity index (χ2n) is 14.2. The third-order valence-corrected chi connectivity index (χ3v) is 12.3. The number of hydrogen-bond acceptors (Lipinski definition) is 9. The number of aromatic nitrogens is 3. The maximum absolute atomic E-state index is 14.1. The highest BCUT2D eigenvalue weighted by Crippen LogP contribution is 2.26. The second-order valence-corrected chi connectivity index (χ2v) is 16.2. The fourth-order valence-electron chi connectivity index (χ4n) is 8.06. The maximum Gasteiger partial charge on any atom is 0.410 e. The monoisotopic (exact) mass is 721 g/mol. The van der Waals surface area contributed by atoms with E-state index in [1.165, 1.54) is 10.6 Å². The Bertz CT molecular complexity index is 1860. The van der Waals surface area contributed by atoms with E-state index in [1.54, 1.807) is 9.80 Å². The number of nitrogens with one attached hydrogen (secondary N) is 2. The molecule has 1 atom stereocenters. The van der Waals surface area contributed by atoms with Crippen LogP contribution < -0.4 is 5.32 Å². The fourth-order valence-corrected chi connectivity index (χ4v) is 8.88. The Hall–Kier alpha value is -4.28. The van der Waals surface area contributed by atoms with Crippen molar-refractivity contribution < 1.29 is 27.5 Å². The summed E-state index contributed by atoms with van der Waals surface area (Å²) in [6.45, 7) is 6.73. The van der Waals surface area contributed by atoms with Gasteiger partial charge in [-0.3, -0.25) is 14.8 Å². The Labute approximate surface area is 298 Å². The molecule has 4 aliphatic heterocycles. The van der Waals surface area contributed by atoms with Crippen molar-refractivity contribution in [2.24, 2.45) is 0 Å². The highest BCUT2D eigenvalue weighted by Gasteiger charge is 2.37. The number of urea groups is 1. The molecule has 0 radical (unpaired) electrons. The zero-order valence-electron chi connectivity index (χ0n) is 29.3. The number of sulfonamides is 1. The molecule has 0 spiro atoms. The fraction of sp³-hybridized carbons (Fsp3) is 0.571. The molecule has 51 heavy (non-hydrogen) atoms. The molecule has 4 aliphatic rings. The molecule has 2 N–H and O–H groups in total. The summed E-state index contributed by atoms with van der Waals surface area (Å²) in [6.07, 6.45) is 3.41. The Morgan fingerprint density at radius 1 is 0.922 bits per heavy atom. The van der Waals surface area contributed by atoms with E-state index in [-0.39, 0.29) is 30.4 Å². The van der Waals surface area contributed by atoms with E-state index in [2.05, 4.69) is 25.6 Å². The van der Waals surface area contributed by atoms with Gasteiger partial charge in [0, 0.05) is 83.1 Å². The number of piperidine rings is 2. The number of ether oxygens (including phenoxy) is 1. The number of nitrogens with zero attached hydrogens (tertiary/aromatic N) is 7. The lowest BCUT2D eigenvalue weighted by atomic mass is 9.99. The molecular weight excluding hydrogens is 675 g/mol. The summed E-state index contributed by atoms with van der Waals surface area (Å²) in [6, 6.07) is 11.8. The number of carbonyl (C=O) groups excluding carboxylic acids is 3. The van der Waals surface area contributed by atoms with Crippen LogP contribution in [-0.2, 0) is 32.4 Å². The van der Waals surface area contributed by atoms with E-state index in [0.29, 0.717) is 77.3 Å². The number of amides is 4. The topological polar surface area (TPSA) is 164 Å². The van der Waals surface area contributed by atoms with Gasteiger partial charge in [-0.1, -0.05) is 29.5 Å². The van der Waals surface area contributed by atoms with E-state index < -0.39 is 22.2 Å². The molecule has 0 bridgehead atoms. The Balaban J connectivity index is 0.985. The summed E-state index contributed by atoms with van der Waals surface area (Å²) in [5.41, 5.74) is 5.22. The molecule has 3 saturated heterocycles.